The van der Waals surface area contributed by atoms with Crippen molar-refractivity contribution in [1.29, 1.82) is 0 Å². The van der Waals surface area contributed by atoms with E-state index in [0.717, 1.165) is 12.8 Å². The van der Waals surface area contributed by atoms with Crippen LogP contribution in [0, 0.1) is 0 Å². The summed E-state index contributed by atoms with van der Waals surface area (Å²) in [7, 11) is 0. The van der Waals surface area contributed by atoms with E-state index in [1.54, 1.807) is 4.68 Å². The molecule has 2 rings (SSSR count). The van der Waals surface area contributed by atoms with Crippen LogP contribution in [0.4, 0.5) is 0 Å². The second-order valence-corrected chi connectivity index (χ2v) is 3.75. The number of hydrogen-bond donors (Lipinski definition) is 2. The SMILES string of the molecule is O=c1o[nH][n+](C2CCCCC2)c1CO. The third kappa shape index (κ3) is 1.59. The number of H-pyrrole nitrogens is 1. The number of nitrogens with zero attached hydrogens (tertiary/aromatic N) is 1. The Bertz CT molecular complexity index is 349. The highest BCUT2D eigenvalue weighted by Gasteiger charge is 2.29. The van der Waals surface area contributed by atoms with Crippen molar-refractivity contribution in [2.45, 2.75) is 44.8 Å². The fourth-order valence-corrected chi connectivity index (χ4v) is 2.08. The van der Waals surface area contributed by atoms with Gasteiger partial charge in [0, 0.05) is 12.8 Å². The van der Waals surface area contributed by atoms with Crippen LogP contribution < -0.4 is 10.3 Å². The lowest BCUT2D eigenvalue weighted by molar-refractivity contribution is -0.794. The predicted octanol–water partition coefficient (Wildman–Crippen LogP) is 0.253. The molecule has 5 nitrogen and oxygen atoms in total. The number of hydrogen-bond acceptors (Lipinski definition) is 3. The van der Waals surface area contributed by atoms with Crippen molar-refractivity contribution < 1.29 is 14.3 Å². The van der Waals surface area contributed by atoms with E-state index in [0.29, 0.717) is 5.69 Å². The molecule has 0 amide bonds. The first-order chi connectivity index (χ1) is 6.83. The van der Waals surface area contributed by atoms with Gasteiger partial charge in [0.2, 0.25) is 0 Å². The first kappa shape index (κ1) is 9.45. The van der Waals surface area contributed by atoms with Crippen LogP contribution in [0.25, 0.3) is 0 Å². The van der Waals surface area contributed by atoms with Crippen molar-refractivity contribution in [1.82, 2.24) is 5.27 Å². The fourth-order valence-electron chi connectivity index (χ4n) is 2.08. The third-order valence-electron chi connectivity index (χ3n) is 2.85. The number of aliphatic hydroxyl groups excluding tert-OH is 1. The average molecular weight is 199 g/mol. The molecule has 2 N–H and O–H groups in total. The quantitative estimate of drug-likeness (QED) is 0.671. The Morgan fingerprint density at radius 1 is 1.43 bits per heavy atom. The zero-order chi connectivity index (χ0) is 9.97. The maximum atomic E-state index is 11.1. The van der Waals surface area contributed by atoms with E-state index < -0.39 is 5.63 Å². The van der Waals surface area contributed by atoms with E-state index in [1.807, 2.05) is 0 Å². The Kier molecular flexibility index (Phi) is 2.67. The molecule has 0 radical (unpaired) electrons. The predicted molar refractivity (Wildman–Crippen MR) is 47.6 cm³/mol. The van der Waals surface area contributed by atoms with Gasteiger partial charge in [0.1, 0.15) is 6.61 Å². The van der Waals surface area contributed by atoms with Gasteiger partial charge in [-0.05, 0) is 18.1 Å². The molecule has 1 aromatic heterocycles. The van der Waals surface area contributed by atoms with Crippen LogP contribution in [0.5, 0.6) is 0 Å². The van der Waals surface area contributed by atoms with Crippen molar-refractivity contribution in [2.24, 2.45) is 0 Å². The van der Waals surface area contributed by atoms with Crippen molar-refractivity contribution >= 4 is 0 Å². The first-order valence-electron chi connectivity index (χ1n) is 5.05. The molecule has 0 aromatic carbocycles. The molecule has 1 heterocycles. The molecular weight excluding hydrogens is 184 g/mol. The lowest BCUT2D eigenvalue weighted by Crippen LogP contribution is -2.46. The molecule has 14 heavy (non-hydrogen) atoms. The Morgan fingerprint density at radius 2 is 2.14 bits per heavy atom. The number of nitrogens with one attached hydrogen (secondary N) is 1. The van der Waals surface area contributed by atoms with Crippen LogP contribution >= 0.6 is 0 Å². The van der Waals surface area contributed by atoms with Gasteiger partial charge in [-0.15, -0.1) is 0 Å². The zero-order valence-corrected chi connectivity index (χ0v) is 8.03. The average Bonchev–Trinajstić information content (AvgIpc) is 2.61. The van der Waals surface area contributed by atoms with Crippen molar-refractivity contribution in [2.75, 3.05) is 0 Å². The normalized spacial score (nSPS) is 18.6. The first-order valence-corrected chi connectivity index (χ1v) is 5.05. The second-order valence-electron chi connectivity index (χ2n) is 3.75. The highest BCUT2D eigenvalue weighted by atomic mass is 16.5. The Balaban J connectivity index is 2.25. The molecule has 1 fully saturated rings. The summed E-state index contributed by atoms with van der Waals surface area (Å²) in [4.78, 5) is 11.1. The maximum Gasteiger partial charge on any atom is 0.432 e. The molecule has 0 unspecified atom stereocenters. The Morgan fingerprint density at radius 3 is 2.79 bits per heavy atom. The van der Waals surface area contributed by atoms with Gasteiger partial charge in [0.15, 0.2) is 6.04 Å². The molecule has 1 aliphatic rings. The number of aromatic nitrogens is 2. The molecule has 1 saturated carbocycles. The standard InChI is InChI=1S/C9H14N2O3/c12-6-8-9(13)14-10-11(8)7-4-2-1-3-5-7/h7,12H,1-6H2/p+1. The molecule has 0 aliphatic heterocycles. The summed E-state index contributed by atoms with van der Waals surface area (Å²) >= 11 is 0. The monoisotopic (exact) mass is 199 g/mol. The van der Waals surface area contributed by atoms with Crippen LogP contribution in [0.2, 0.25) is 0 Å². The summed E-state index contributed by atoms with van der Waals surface area (Å²) in [6.07, 6.45) is 5.71. The topological polar surface area (TPSA) is 70.1 Å². The van der Waals surface area contributed by atoms with Gasteiger partial charge in [-0.2, -0.15) is 0 Å². The van der Waals surface area contributed by atoms with Crippen LogP contribution in [0.15, 0.2) is 9.32 Å². The molecule has 5 heteroatoms. The van der Waals surface area contributed by atoms with Gasteiger partial charge in [-0.25, -0.2) is 4.79 Å². The van der Waals surface area contributed by atoms with Crippen LogP contribution in [-0.4, -0.2) is 10.4 Å². The van der Waals surface area contributed by atoms with E-state index in [9.17, 15) is 4.79 Å². The highest BCUT2D eigenvalue weighted by molar-refractivity contribution is 4.79. The molecule has 0 saturated heterocycles. The molecule has 78 valence electrons. The molecule has 1 aliphatic carbocycles. The minimum atomic E-state index is -0.460. The lowest BCUT2D eigenvalue weighted by atomic mass is 9.95. The highest BCUT2D eigenvalue weighted by Crippen LogP contribution is 2.23. The van der Waals surface area contributed by atoms with Crippen LogP contribution in [-0.2, 0) is 6.61 Å². The summed E-state index contributed by atoms with van der Waals surface area (Å²) in [5.74, 6) is 0. The lowest BCUT2D eigenvalue weighted by Gasteiger charge is -2.14. The Hall–Kier alpha value is -1.10. The maximum absolute atomic E-state index is 11.1. The summed E-state index contributed by atoms with van der Waals surface area (Å²) < 4.78 is 6.34. The molecule has 0 atom stereocenters. The minimum Gasteiger partial charge on any atom is -0.385 e. The number of rotatable bonds is 2. The van der Waals surface area contributed by atoms with Crippen molar-refractivity contribution in [3.05, 3.63) is 16.1 Å². The molecule has 1 aromatic rings. The molecule has 0 bridgehead atoms. The van der Waals surface area contributed by atoms with Gasteiger partial charge in [-0.3, -0.25) is 4.52 Å². The van der Waals surface area contributed by atoms with E-state index in [-0.39, 0.29) is 12.6 Å². The Labute approximate surface area is 81.3 Å². The van der Waals surface area contributed by atoms with E-state index in [2.05, 4.69) is 9.79 Å². The van der Waals surface area contributed by atoms with Crippen LogP contribution in [0.3, 0.4) is 0 Å². The molecular formula is C9H15N2O3+. The van der Waals surface area contributed by atoms with Gasteiger partial charge in [-0.1, -0.05) is 11.1 Å². The largest absolute Gasteiger partial charge is 0.432 e. The van der Waals surface area contributed by atoms with Crippen molar-refractivity contribution in [3.63, 3.8) is 0 Å². The fraction of sp³-hybridized carbons (Fsp3) is 0.778. The summed E-state index contributed by atoms with van der Waals surface area (Å²) in [5, 5.41) is 11.6. The smallest absolute Gasteiger partial charge is 0.385 e. The number of aliphatic hydroxyl groups is 1. The van der Waals surface area contributed by atoms with Gasteiger partial charge in [0.05, 0.1) is 0 Å². The van der Waals surface area contributed by atoms with Gasteiger partial charge >= 0.3 is 11.3 Å². The summed E-state index contributed by atoms with van der Waals surface area (Å²) in [6, 6.07) is 0.289. The summed E-state index contributed by atoms with van der Waals surface area (Å²) in [5.41, 5.74) is -0.130. The van der Waals surface area contributed by atoms with Crippen molar-refractivity contribution in [3.8, 4) is 0 Å². The van der Waals surface area contributed by atoms with E-state index >= 15 is 0 Å². The van der Waals surface area contributed by atoms with Gasteiger partial charge in [0.25, 0.3) is 0 Å². The van der Waals surface area contributed by atoms with Gasteiger partial charge < -0.3 is 5.11 Å². The summed E-state index contributed by atoms with van der Waals surface area (Å²) in [6.45, 7) is -0.262. The van der Waals surface area contributed by atoms with Crippen LogP contribution in [0.1, 0.15) is 43.8 Å². The second kappa shape index (κ2) is 3.96. The minimum absolute atomic E-state index is 0.262. The molecule has 0 spiro atoms. The third-order valence-corrected chi connectivity index (χ3v) is 2.85. The number of aromatic amines is 1. The van der Waals surface area contributed by atoms with E-state index in [1.165, 1.54) is 19.3 Å². The zero-order valence-electron chi connectivity index (χ0n) is 8.03. The van der Waals surface area contributed by atoms with E-state index in [4.69, 9.17) is 5.11 Å².